The third-order valence-corrected chi connectivity index (χ3v) is 8.77. The Kier molecular flexibility index (Phi) is 6.06. The number of piperidine rings is 1. The lowest BCUT2D eigenvalue weighted by Crippen LogP contribution is -2.37. The molecule has 1 saturated heterocycles. The normalized spacial score (nSPS) is 15.9. The van der Waals surface area contributed by atoms with Gasteiger partial charge in [0.15, 0.2) is 5.65 Å². The molecule has 1 fully saturated rings. The van der Waals surface area contributed by atoms with Gasteiger partial charge in [0, 0.05) is 28.2 Å². The molecule has 5 heterocycles. The SMILES string of the molecule is Cc1nc(-c2n[nH]c(-c3cn4ncnc4c(C)c3C)c2C(C)C)sc1C1CCN(C(C)C)CC1. The lowest BCUT2D eigenvalue weighted by molar-refractivity contribution is 0.172. The van der Waals surface area contributed by atoms with Gasteiger partial charge in [-0.3, -0.25) is 5.10 Å². The highest BCUT2D eigenvalue weighted by atomic mass is 32.1. The molecule has 0 atom stereocenters. The Bertz CT molecular complexity index is 1320. The Morgan fingerprint density at radius 1 is 1.06 bits per heavy atom. The number of hydrogen-bond donors (Lipinski definition) is 1. The van der Waals surface area contributed by atoms with Crippen LogP contribution < -0.4 is 0 Å². The lowest BCUT2D eigenvalue weighted by Gasteiger charge is -2.34. The standard InChI is InChI=1S/C26H35N7S/c1-14(2)21-22(20-12-33-25(27-13-28-33)17(6)16(20)5)30-31-23(21)26-29-18(7)24(34-26)19-8-10-32(11-9-19)15(3)4/h12-15,19H,8-11H2,1-7H3,(H,30,31). The predicted molar refractivity (Wildman–Crippen MR) is 139 cm³/mol. The first-order valence-corrected chi connectivity index (χ1v) is 13.2. The van der Waals surface area contributed by atoms with Crippen LogP contribution in [0.25, 0.3) is 27.6 Å². The monoisotopic (exact) mass is 477 g/mol. The Morgan fingerprint density at radius 2 is 1.79 bits per heavy atom. The molecule has 34 heavy (non-hydrogen) atoms. The zero-order chi connectivity index (χ0) is 24.1. The molecule has 0 saturated carbocycles. The molecule has 180 valence electrons. The quantitative estimate of drug-likeness (QED) is 0.388. The van der Waals surface area contributed by atoms with Crippen LogP contribution in [0.5, 0.6) is 0 Å². The highest BCUT2D eigenvalue weighted by molar-refractivity contribution is 7.15. The number of hydrogen-bond acceptors (Lipinski definition) is 6. The Balaban J connectivity index is 1.53. The van der Waals surface area contributed by atoms with Crippen molar-refractivity contribution >= 4 is 17.0 Å². The van der Waals surface area contributed by atoms with Gasteiger partial charge in [-0.15, -0.1) is 11.3 Å². The summed E-state index contributed by atoms with van der Waals surface area (Å²) < 4.78 is 1.86. The van der Waals surface area contributed by atoms with Crippen LogP contribution in [0.2, 0.25) is 0 Å². The van der Waals surface area contributed by atoms with Crippen molar-refractivity contribution in [2.75, 3.05) is 13.1 Å². The number of pyridine rings is 1. The van der Waals surface area contributed by atoms with Crippen molar-refractivity contribution in [2.24, 2.45) is 0 Å². The number of thiazole rings is 1. The zero-order valence-corrected chi connectivity index (χ0v) is 22.1. The van der Waals surface area contributed by atoms with Crippen molar-refractivity contribution in [3.63, 3.8) is 0 Å². The molecule has 1 aliphatic rings. The lowest BCUT2D eigenvalue weighted by atomic mass is 9.93. The van der Waals surface area contributed by atoms with Crippen molar-refractivity contribution < 1.29 is 0 Å². The molecule has 0 spiro atoms. The second kappa shape index (κ2) is 8.89. The van der Waals surface area contributed by atoms with Gasteiger partial charge >= 0.3 is 0 Å². The number of aromatic amines is 1. The topological polar surface area (TPSA) is 75.0 Å². The van der Waals surface area contributed by atoms with Crippen molar-refractivity contribution in [1.29, 1.82) is 0 Å². The zero-order valence-electron chi connectivity index (χ0n) is 21.3. The number of nitrogens with one attached hydrogen (secondary N) is 1. The van der Waals surface area contributed by atoms with Crippen molar-refractivity contribution in [3.8, 4) is 22.0 Å². The third-order valence-electron chi connectivity index (χ3n) is 7.44. The van der Waals surface area contributed by atoms with Crippen LogP contribution in [0.1, 0.15) is 79.6 Å². The van der Waals surface area contributed by atoms with Gasteiger partial charge < -0.3 is 4.90 Å². The van der Waals surface area contributed by atoms with Crippen molar-refractivity contribution in [3.05, 3.63) is 39.8 Å². The Labute approximate surface area is 205 Å². The number of fused-ring (bicyclic) bond motifs is 1. The number of likely N-dealkylation sites (tertiary alicyclic amines) is 1. The molecule has 7 nitrogen and oxygen atoms in total. The van der Waals surface area contributed by atoms with E-state index in [-0.39, 0.29) is 0 Å². The third kappa shape index (κ3) is 3.86. The van der Waals surface area contributed by atoms with E-state index in [4.69, 9.17) is 10.1 Å². The minimum atomic E-state index is 0.303. The van der Waals surface area contributed by atoms with Crippen LogP contribution in [0.4, 0.5) is 0 Å². The molecule has 0 bridgehead atoms. The molecule has 1 aliphatic heterocycles. The Hall–Kier alpha value is -2.58. The molecule has 8 heteroatoms. The maximum atomic E-state index is 5.04. The van der Waals surface area contributed by atoms with E-state index in [9.17, 15) is 0 Å². The van der Waals surface area contributed by atoms with Gasteiger partial charge in [0.1, 0.15) is 17.0 Å². The van der Waals surface area contributed by atoms with Crippen molar-refractivity contribution in [2.45, 2.75) is 79.2 Å². The minimum absolute atomic E-state index is 0.303. The van der Waals surface area contributed by atoms with E-state index in [0.29, 0.717) is 17.9 Å². The van der Waals surface area contributed by atoms with E-state index in [0.717, 1.165) is 33.2 Å². The molecular formula is C26H35N7S. The van der Waals surface area contributed by atoms with E-state index >= 15 is 0 Å². The van der Waals surface area contributed by atoms with Crippen LogP contribution in [0, 0.1) is 20.8 Å². The summed E-state index contributed by atoms with van der Waals surface area (Å²) in [7, 11) is 0. The molecule has 0 aliphatic carbocycles. The van der Waals surface area contributed by atoms with Gasteiger partial charge in [-0.25, -0.2) is 14.5 Å². The predicted octanol–water partition coefficient (Wildman–Crippen LogP) is 5.88. The van der Waals surface area contributed by atoms with Gasteiger partial charge in [0.2, 0.25) is 0 Å². The van der Waals surface area contributed by atoms with Crippen LogP contribution in [-0.2, 0) is 0 Å². The van der Waals surface area contributed by atoms with Gasteiger partial charge in [-0.1, -0.05) is 13.8 Å². The maximum absolute atomic E-state index is 5.04. The molecule has 0 amide bonds. The highest BCUT2D eigenvalue weighted by Gasteiger charge is 2.28. The summed E-state index contributed by atoms with van der Waals surface area (Å²) in [5, 5.41) is 13.6. The fraction of sp³-hybridized carbons (Fsp3) is 0.538. The largest absolute Gasteiger partial charge is 0.301 e. The molecule has 5 rings (SSSR count). The summed E-state index contributed by atoms with van der Waals surface area (Å²) in [4.78, 5) is 13.5. The van der Waals surface area contributed by atoms with Crippen LogP contribution >= 0.6 is 11.3 Å². The average molecular weight is 478 g/mol. The van der Waals surface area contributed by atoms with E-state index in [2.05, 4.69) is 74.7 Å². The number of aryl methyl sites for hydroxylation is 2. The van der Waals surface area contributed by atoms with E-state index < -0.39 is 0 Å². The molecule has 4 aromatic heterocycles. The molecule has 0 unspecified atom stereocenters. The molecular weight excluding hydrogens is 442 g/mol. The summed E-state index contributed by atoms with van der Waals surface area (Å²) in [5.41, 5.74) is 8.78. The first kappa shape index (κ1) is 23.2. The number of nitrogens with zero attached hydrogens (tertiary/aromatic N) is 6. The van der Waals surface area contributed by atoms with Crippen LogP contribution in [-0.4, -0.2) is 53.8 Å². The Morgan fingerprint density at radius 3 is 2.47 bits per heavy atom. The average Bonchev–Trinajstić information content (AvgIpc) is 3.54. The number of aromatic nitrogens is 6. The second-order valence-electron chi connectivity index (χ2n) is 10.2. The molecule has 0 aromatic carbocycles. The summed E-state index contributed by atoms with van der Waals surface area (Å²) in [6.45, 7) is 17.8. The summed E-state index contributed by atoms with van der Waals surface area (Å²) in [6.07, 6.45) is 6.09. The first-order chi connectivity index (χ1) is 16.3. The fourth-order valence-electron chi connectivity index (χ4n) is 5.30. The minimum Gasteiger partial charge on any atom is -0.301 e. The fourth-order valence-corrected chi connectivity index (χ4v) is 6.54. The summed E-state index contributed by atoms with van der Waals surface area (Å²) >= 11 is 1.84. The van der Waals surface area contributed by atoms with E-state index in [1.165, 1.54) is 47.6 Å². The second-order valence-corrected chi connectivity index (χ2v) is 11.2. The van der Waals surface area contributed by atoms with E-state index in [1.54, 1.807) is 6.33 Å². The van der Waals surface area contributed by atoms with Crippen LogP contribution in [0.3, 0.4) is 0 Å². The number of rotatable bonds is 5. The van der Waals surface area contributed by atoms with Gasteiger partial charge in [-0.2, -0.15) is 10.2 Å². The molecule has 0 radical (unpaired) electrons. The van der Waals surface area contributed by atoms with Gasteiger partial charge in [-0.05, 0) is 83.5 Å². The van der Waals surface area contributed by atoms with Gasteiger partial charge in [0.25, 0.3) is 0 Å². The van der Waals surface area contributed by atoms with Crippen LogP contribution in [0.15, 0.2) is 12.5 Å². The smallest absolute Gasteiger partial charge is 0.158 e. The summed E-state index contributed by atoms with van der Waals surface area (Å²) in [6, 6.07) is 0.624. The van der Waals surface area contributed by atoms with Gasteiger partial charge in [0.05, 0.1) is 11.4 Å². The maximum Gasteiger partial charge on any atom is 0.158 e. The van der Waals surface area contributed by atoms with Crippen molar-refractivity contribution in [1.82, 2.24) is 34.7 Å². The highest BCUT2D eigenvalue weighted by Crippen LogP contribution is 2.42. The van der Waals surface area contributed by atoms with E-state index in [1.807, 2.05) is 15.9 Å². The molecule has 1 N–H and O–H groups in total. The molecule has 4 aromatic rings. The number of H-pyrrole nitrogens is 1. The first-order valence-electron chi connectivity index (χ1n) is 12.4. The summed E-state index contributed by atoms with van der Waals surface area (Å²) in [5.74, 6) is 0.901.